The number of hydrogen-bond acceptors (Lipinski definition) is 3. The molecule has 0 aliphatic rings. The molecule has 110 valence electrons. The molecule has 1 atom stereocenters. The van der Waals surface area contributed by atoms with E-state index in [1.54, 1.807) is 6.92 Å². The molecule has 0 saturated carbocycles. The maximum absolute atomic E-state index is 11.9. The second kappa shape index (κ2) is 7.65. The van der Waals surface area contributed by atoms with Crippen LogP contribution in [0.2, 0.25) is 0 Å². The van der Waals surface area contributed by atoms with Crippen molar-refractivity contribution in [2.75, 3.05) is 19.4 Å². The number of carbonyl (C=O) groups is 2. The van der Waals surface area contributed by atoms with Gasteiger partial charge in [0.15, 0.2) is 0 Å². The zero-order chi connectivity index (χ0) is 15.1. The van der Waals surface area contributed by atoms with E-state index in [0.29, 0.717) is 0 Å². The van der Waals surface area contributed by atoms with E-state index in [9.17, 15) is 9.59 Å². The molecule has 0 radical (unpaired) electrons. The van der Waals surface area contributed by atoms with Gasteiger partial charge in [-0.2, -0.15) is 0 Å². The molecule has 20 heavy (non-hydrogen) atoms. The van der Waals surface area contributed by atoms with Crippen molar-refractivity contribution < 1.29 is 14.7 Å². The number of carbonyl (C=O) groups excluding carboxylic acids is 1. The van der Waals surface area contributed by atoms with Crippen LogP contribution in [0.4, 0.5) is 5.69 Å². The molecule has 1 rings (SSSR count). The van der Waals surface area contributed by atoms with Gasteiger partial charge < -0.3 is 15.3 Å². The van der Waals surface area contributed by atoms with Gasteiger partial charge in [0.1, 0.15) is 0 Å². The summed E-state index contributed by atoms with van der Waals surface area (Å²) in [5.74, 6) is -1.20. The number of anilines is 1. The van der Waals surface area contributed by atoms with Crippen LogP contribution in [0, 0.1) is 5.92 Å². The standard InChI is InChI=1S/C15H22N2O3/c1-11(9-15(19)20)8-14(18)16-13-7-5-4-6-12(13)10-17(2)3/h4-7,11H,8-10H2,1-3H3,(H,16,18)(H,19,20). The molecule has 0 bridgehead atoms. The fraction of sp³-hybridized carbons (Fsp3) is 0.467. The van der Waals surface area contributed by atoms with Crippen LogP contribution in [0.1, 0.15) is 25.3 Å². The highest BCUT2D eigenvalue weighted by molar-refractivity contribution is 5.91. The van der Waals surface area contributed by atoms with Crippen LogP contribution >= 0.6 is 0 Å². The molecule has 1 aromatic rings. The Kier molecular flexibility index (Phi) is 6.18. The summed E-state index contributed by atoms with van der Waals surface area (Å²) in [4.78, 5) is 24.5. The first-order valence-corrected chi connectivity index (χ1v) is 6.62. The number of carboxylic acid groups (broad SMARTS) is 1. The minimum atomic E-state index is -0.877. The topological polar surface area (TPSA) is 69.6 Å². The van der Waals surface area contributed by atoms with Gasteiger partial charge in [-0.15, -0.1) is 0 Å². The van der Waals surface area contributed by atoms with E-state index < -0.39 is 5.97 Å². The zero-order valence-corrected chi connectivity index (χ0v) is 12.2. The molecule has 5 heteroatoms. The predicted molar refractivity (Wildman–Crippen MR) is 78.5 cm³/mol. The first-order chi connectivity index (χ1) is 9.38. The normalized spacial score (nSPS) is 12.2. The molecule has 2 N–H and O–H groups in total. The number of nitrogens with one attached hydrogen (secondary N) is 1. The van der Waals surface area contributed by atoms with Crippen LogP contribution in [0.15, 0.2) is 24.3 Å². The number of rotatable bonds is 7. The second-order valence-electron chi connectivity index (χ2n) is 5.35. The molecule has 0 aliphatic carbocycles. The lowest BCUT2D eigenvalue weighted by Crippen LogP contribution is -2.19. The summed E-state index contributed by atoms with van der Waals surface area (Å²) in [5, 5.41) is 11.6. The Morgan fingerprint density at radius 1 is 1.25 bits per heavy atom. The molecule has 0 heterocycles. The number of hydrogen-bond donors (Lipinski definition) is 2. The Hall–Kier alpha value is -1.88. The number of benzene rings is 1. The summed E-state index contributed by atoms with van der Waals surface area (Å²) in [7, 11) is 3.93. The quantitative estimate of drug-likeness (QED) is 0.802. The van der Waals surface area contributed by atoms with Crippen molar-refractivity contribution in [3.05, 3.63) is 29.8 Å². The highest BCUT2D eigenvalue weighted by atomic mass is 16.4. The molecular weight excluding hydrogens is 256 g/mol. The van der Waals surface area contributed by atoms with Crippen molar-refractivity contribution in [2.24, 2.45) is 5.92 Å². The zero-order valence-electron chi connectivity index (χ0n) is 12.2. The number of carboxylic acids is 1. The van der Waals surface area contributed by atoms with Crippen LogP contribution in [-0.4, -0.2) is 36.0 Å². The van der Waals surface area contributed by atoms with Crippen LogP contribution in [0.5, 0.6) is 0 Å². The van der Waals surface area contributed by atoms with E-state index in [1.807, 2.05) is 43.3 Å². The SMILES string of the molecule is CC(CC(=O)O)CC(=O)Nc1ccccc1CN(C)C. The number of aliphatic carboxylic acids is 1. The number of amides is 1. The monoisotopic (exact) mass is 278 g/mol. The average Bonchev–Trinajstić information content (AvgIpc) is 2.29. The average molecular weight is 278 g/mol. The molecule has 1 aromatic carbocycles. The van der Waals surface area contributed by atoms with Gasteiger partial charge in [-0.3, -0.25) is 9.59 Å². The van der Waals surface area contributed by atoms with Gasteiger partial charge in [-0.1, -0.05) is 25.1 Å². The maximum Gasteiger partial charge on any atom is 0.303 e. The summed E-state index contributed by atoms with van der Waals surface area (Å²) in [6.07, 6.45) is 0.218. The third kappa shape index (κ3) is 5.84. The van der Waals surface area contributed by atoms with Gasteiger partial charge in [0.2, 0.25) is 5.91 Å². The van der Waals surface area contributed by atoms with Crippen molar-refractivity contribution >= 4 is 17.6 Å². The number of para-hydroxylation sites is 1. The Morgan fingerprint density at radius 2 is 1.90 bits per heavy atom. The minimum Gasteiger partial charge on any atom is -0.481 e. The summed E-state index contributed by atoms with van der Waals surface area (Å²) in [5.41, 5.74) is 1.82. The van der Waals surface area contributed by atoms with Crippen molar-refractivity contribution in [3.8, 4) is 0 Å². The van der Waals surface area contributed by atoms with Gasteiger partial charge in [0.25, 0.3) is 0 Å². The van der Waals surface area contributed by atoms with E-state index in [4.69, 9.17) is 5.11 Å². The van der Waals surface area contributed by atoms with Crippen molar-refractivity contribution in [2.45, 2.75) is 26.3 Å². The molecule has 0 aliphatic heterocycles. The number of nitrogens with zero attached hydrogens (tertiary/aromatic N) is 1. The maximum atomic E-state index is 11.9. The van der Waals surface area contributed by atoms with Crippen LogP contribution in [0.25, 0.3) is 0 Å². The van der Waals surface area contributed by atoms with E-state index in [-0.39, 0.29) is 24.7 Å². The smallest absolute Gasteiger partial charge is 0.303 e. The summed E-state index contributed by atoms with van der Waals surface area (Å²) in [6.45, 7) is 2.50. The van der Waals surface area contributed by atoms with Crippen molar-refractivity contribution in [1.29, 1.82) is 0 Å². The van der Waals surface area contributed by atoms with E-state index in [2.05, 4.69) is 5.32 Å². The largest absolute Gasteiger partial charge is 0.481 e. The molecule has 1 unspecified atom stereocenters. The van der Waals surface area contributed by atoms with Crippen LogP contribution in [0.3, 0.4) is 0 Å². The lowest BCUT2D eigenvalue weighted by atomic mass is 10.0. The third-order valence-electron chi connectivity index (χ3n) is 2.83. The first kappa shape index (κ1) is 16.2. The highest BCUT2D eigenvalue weighted by Gasteiger charge is 2.13. The molecule has 0 saturated heterocycles. The van der Waals surface area contributed by atoms with E-state index in [1.165, 1.54) is 0 Å². The Bertz CT molecular complexity index is 472. The van der Waals surface area contributed by atoms with E-state index in [0.717, 1.165) is 17.8 Å². The van der Waals surface area contributed by atoms with Crippen molar-refractivity contribution in [3.63, 3.8) is 0 Å². The summed E-state index contributed by atoms with van der Waals surface area (Å²) in [6, 6.07) is 7.63. The van der Waals surface area contributed by atoms with Crippen LogP contribution < -0.4 is 5.32 Å². The lowest BCUT2D eigenvalue weighted by molar-refractivity contribution is -0.138. The molecule has 0 fully saturated rings. The Balaban J connectivity index is 2.63. The molecule has 0 aromatic heterocycles. The second-order valence-corrected chi connectivity index (χ2v) is 5.35. The highest BCUT2D eigenvalue weighted by Crippen LogP contribution is 2.17. The van der Waals surface area contributed by atoms with Gasteiger partial charge in [-0.25, -0.2) is 0 Å². The van der Waals surface area contributed by atoms with E-state index >= 15 is 0 Å². The van der Waals surface area contributed by atoms with Gasteiger partial charge >= 0.3 is 5.97 Å². The Morgan fingerprint density at radius 3 is 2.50 bits per heavy atom. The minimum absolute atomic E-state index is 0.00671. The summed E-state index contributed by atoms with van der Waals surface area (Å²) < 4.78 is 0. The molecular formula is C15H22N2O3. The molecule has 1 amide bonds. The predicted octanol–water partition coefficient (Wildman–Crippen LogP) is 2.19. The summed E-state index contributed by atoms with van der Waals surface area (Å²) >= 11 is 0. The first-order valence-electron chi connectivity index (χ1n) is 6.62. The van der Waals surface area contributed by atoms with Gasteiger partial charge in [0.05, 0.1) is 0 Å². The molecule has 0 spiro atoms. The fourth-order valence-electron chi connectivity index (χ4n) is 2.01. The van der Waals surface area contributed by atoms with Gasteiger partial charge in [-0.05, 0) is 31.6 Å². The molecule has 5 nitrogen and oxygen atoms in total. The third-order valence-corrected chi connectivity index (χ3v) is 2.83. The van der Waals surface area contributed by atoms with Crippen molar-refractivity contribution in [1.82, 2.24) is 4.90 Å². The fourth-order valence-corrected chi connectivity index (χ4v) is 2.01. The van der Waals surface area contributed by atoms with Gasteiger partial charge in [0, 0.05) is 25.1 Å². The lowest BCUT2D eigenvalue weighted by Gasteiger charge is -2.15. The van der Waals surface area contributed by atoms with Crippen LogP contribution in [-0.2, 0) is 16.1 Å². The Labute approximate surface area is 119 Å².